The largest absolute Gasteiger partial charge is 0.480 e. The van der Waals surface area contributed by atoms with Crippen molar-refractivity contribution in [2.45, 2.75) is 12.5 Å². The van der Waals surface area contributed by atoms with Gasteiger partial charge in [-0.25, -0.2) is 9.59 Å². The summed E-state index contributed by atoms with van der Waals surface area (Å²) in [4.78, 5) is 24.5. The second kappa shape index (κ2) is 7.17. The highest BCUT2D eigenvalue weighted by molar-refractivity contribution is 5.82. The van der Waals surface area contributed by atoms with Crippen LogP contribution in [0, 0.1) is 5.92 Å². The molecule has 2 amide bonds. The molecule has 7 heteroatoms. The van der Waals surface area contributed by atoms with E-state index in [1.54, 1.807) is 0 Å². The summed E-state index contributed by atoms with van der Waals surface area (Å²) in [6, 6.07) is -1.48. The van der Waals surface area contributed by atoms with Crippen LogP contribution in [0.15, 0.2) is 0 Å². The number of carboxylic acids is 1. The molecule has 0 aromatic carbocycles. The third-order valence-electron chi connectivity index (χ3n) is 2.98. The van der Waals surface area contributed by atoms with Gasteiger partial charge >= 0.3 is 12.0 Å². The first-order valence-corrected chi connectivity index (χ1v) is 5.97. The van der Waals surface area contributed by atoms with E-state index in [1.807, 2.05) is 7.05 Å². The van der Waals surface area contributed by atoms with Gasteiger partial charge in [-0.15, -0.1) is 0 Å². The lowest BCUT2D eigenvalue weighted by molar-refractivity contribution is -0.140. The monoisotopic (exact) mass is 259 g/mol. The summed E-state index contributed by atoms with van der Waals surface area (Å²) in [7, 11) is 3.43. The smallest absolute Gasteiger partial charge is 0.328 e. The number of nitrogens with one attached hydrogen (secondary N) is 2. The number of urea groups is 1. The van der Waals surface area contributed by atoms with E-state index in [9.17, 15) is 9.59 Å². The van der Waals surface area contributed by atoms with Gasteiger partial charge in [-0.3, -0.25) is 0 Å². The van der Waals surface area contributed by atoms with Crippen molar-refractivity contribution in [3.05, 3.63) is 0 Å². The minimum absolute atomic E-state index is 0.0467. The van der Waals surface area contributed by atoms with Gasteiger partial charge in [-0.2, -0.15) is 0 Å². The van der Waals surface area contributed by atoms with Crippen LogP contribution in [0.5, 0.6) is 0 Å². The zero-order valence-corrected chi connectivity index (χ0v) is 10.8. The Bertz CT molecular complexity index is 298. The number of rotatable bonds is 6. The molecule has 2 atom stereocenters. The topological polar surface area (TPSA) is 90.9 Å². The molecule has 18 heavy (non-hydrogen) atoms. The number of carbonyl (C=O) groups is 2. The van der Waals surface area contributed by atoms with Gasteiger partial charge < -0.3 is 25.4 Å². The van der Waals surface area contributed by atoms with E-state index >= 15 is 0 Å². The standard InChI is InChI=1S/C11H21N3O4/c1-14-4-3-8(6-14)5-12-11(17)13-9(7-18-2)10(15)16/h8-9H,3-7H2,1-2H3,(H,15,16)(H2,12,13,17). The minimum Gasteiger partial charge on any atom is -0.480 e. The van der Waals surface area contributed by atoms with E-state index in [-0.39, 0.29) is 6.61 Å². The predicted octanol–water partition coefficient (Wildman–Crippen LogP) is -0.663. The molecule has 1 aliphatic heterocycles. The molecule has 1 rings (SSSR count). The van der Waals surface area contributed by atoms with E-state index in [0.29, 0.717) is 12.5 Å². The van der Waals surface area contributed by atoms with Crippen LogP contribution in [-0.2, 0) is 9.53 Å². The molecule has 0 radical (unpaired) electrons. The summed E-state index contributed by atoms with van der Waals surface area (Å²) >= 11 is 0. The summed E-state index contributed by atoms with van der Waals surface area (Å²) in [6.07, 6.45) is 1.05. The maximum absolute atomic E-state index is 11.5. The van der Waals surface area contributed by atoms with Crippen molar-refractivity contribution in [2.24, 2.45) is 5.92 Å². The second-order valence-electron chi connectivity index (χ2n) is 4.62. The van der Waals surface area contributed by atoms with Crippen LogP contribution in [-0.4, -0.2) is 68.4 Å². The van der Waals surface area contributed by atoms with Crippen molar-refractivity contribution in [1.82, 2.24) is 15.5 Å². The highest BCUT2D eigenvalue weighted by atomic mass is 16.5. The van der Waals surface area contributed by atoms with Gasteiger partial charge in [0.15, 0.2) is 6.04 Å². The third-order valence-corrected chi connectivity index (χ3v) is 2.98. The summed E-state index contributed by atoms with van der Waals surface area (Å²) in [5.41, 5.74) is 0. The zero-order chi connectivity index (χ0) is 13.5. The summed E-state index contributed by atoms with van der Waals surface area (Å²) < 4.78 is 4.73. The number of carboxylic acid groups (broad SMARTS) is 1. The van der Waals surface area contributed by atoms with E-state index < -0.39 is 18.0 Å². The van der Waals surface area contributed by atoms with Gasteiger partial charge in [0.25, 0.3) is 0 Å². The van der Waals surface area contributed by atoms with Crippen LogP contribution in [0.4, 0.5) is 4.79 Å². The fourth-order valence-electron chi connectivity index (χ4n) is 1.98. The Kier molecular flexibility index (Phi) is 5.87. The van der Waals surface area contributed by atoms with E-state index in [4.69, 9.17) is 9.84 Å². The highest BCUT2D eigenvalue weighted by Crippen LogP contribution is 2.12. The minimum atomic E-state index is -1.10. The Morgan fingerprint density at radius 3 is 2.78 bits per heavy atom. The molecule has 1 heterocycles. The second-order valence-corrected chi connectivity index (χ2v) is 4.62. The Balaban J connectivity index is 2.25. The van der Waals surface area contributed by atoms with Gasteiger partial charge in [0.1, 0.15) is 0 Å². The van der Waals surface area contributed by atoms with Crippen molar-refractivity contribution >= 4 is 12.0 Å². The number of nitrogens with zero attached hydrogens (tertiary/aromatic N) is 1. The van der Waals surface area contributed by atoms with Crippen LogP contribution >= 0.6 is 0 Å². The Morgan fingerprint density at radius 1 is 1.56 bits per heavy atom. The van der Waals surface area contributed by atoms with Crippen molar-refractivity contribution in [2.75, 3.05) is 40.4 Å². The molecule has 0 aliphatic carbocycles. The third kappa shape index (κ3) is 4.89. The average molecular weight is 259 g/mol. The molecule has 0 aromatic rings. The highest BCUT2D eigenvalue weighted by Gasteiger charge is 2.22. The zero-order valence-electron chi connectivity index (χ0n) is 10.8. The number of hydrogen-bond donors (Lipinski definition) is 3. The molecule has 1 aliphatic rings. The van der Waals surface area contributed by atoms with Crippen molar-refractivity contribution < 1.29 is 19.4 Å². The number of hydrogen-bond acceptors (Lipinski definition) is 4. The van der Waals surface area contributed by atoms with Crippen LogP contribution in [0.3, 0.4) is 0 Å². The first kappa shape index (κ1) is 14.7. The van der Waals surface area contributed by atoms with E-state index in [1.165, 1.54) is 7.11 Å². The molecule has 104 valence electrons. The van der Waals surface area contributed by atoms with Crippen LogP contribution in [0.1, 0.15) is 6.42 Å². The maximum Gasteiger partial charge on any atom is 0.328 e. The SMILES string of the molecule is COCC(NC(=O)NCC1CCN(C)C1)C(=O)O. The number of aliphatic carboxylic acids is 1. The van der Waals surface area contributed by atoms with Gasteiger partial charge in [0, 0.05) is 20.2 Å². The van der Waals surface area contributed by atoms with E-state index in [2.05, 4.69) is 15.5 Å². The first-order chi connectivity index (χ1) is 8.52. The van der Waals surface area contributed by atoms with Crippen molar-refractivity contribution in [3.8, 4) is 0 Å². The number of ether oxygens (including phenoxy) is 1. The molecule has 2 unspecified atom stereocenters. The molecule has 0 saturated carbocycles. The molecule has 7 nitrogen and oxygen atoms in total. The number of amides is 2. The normalized spacial score (nSPS) is 21.6. The van der Waals surface area contributed by atoms with Gasteiger partial charge in [-0.1, -0.05) is 0 Å². The van der Waals surface area contributed by atoms with Crippen LogP contribution in [0.25, 0.3) is 0 Å². The lowest BCUT2D eigenvalue weighted by Gasteiger charge is -2.16. The average Bonchev–Trinajstić information content (AvgIpc) is 2.72. The molecular weight excluding hydrogens is 238 g/mol. The Morgan fingerprint density at radius 2 is 2.28 bits per heavy atom. The molecular formula is C11H21N3O4. The lowest BCUT2D eigenvalue weighted by atomic mass is 10.1. The van der Waals surface area contributed by atoms with Gasteiger partial charge in [-0.05, 0) is 25.9 Å². The quantitative estimate of drug-likeness (QED) is 0.589. The van der Waals surface area contributed by atoms with Crippen LogP contribution < -0.4 is 10.6 Å². The molecule has 1 fully saturated rings. The molecule has 0 bridgehead atoms. The predicted molar refractivity (Wildman–Crippen MR) is 65.4 cm³/mol. The van der Waals surface area contributed by atoms with Crippen molar-refractivity contribution in [1.29, 1.82) is 0 Å². The van der Waals surface area contributed by atoms with E-state index in [0.717, 1.165) is 19.5 Å². The molecule has 0 spiro atoms. The first-order valence-electron chi connectivity index (χ1n) is 5.97. The van der Waals surface area contributed by atoms with Gasteiger partial charge in [0.2, 0.25) is 0 Å². The fraction of sp³-hybridized carbons (Fsp3) is 0.818. The summed E-state index contributed by atoms with van der Waals surface area (Å²) in [6.45, 7) is 2.51. The van der Waals surface area contributed by atoms with Crippen LogP contribution in [0.2, 0.25) is 0 Å². The summed E-state index contributed by atoms with van der Waals surface area (Å²) in [5.74, 6) is -0.668. The van der Waals surface area contributed by atoms with Crippen molar-refractivity contribution in [3.63, 3.8) is 0 Å². The fourth-order valence-corrected chi connectivity index (χ4v) is 1.98. The number of methoxy groups -OCH3 is 1. The number of carbonyl (C=O) groups excluding carboxylic acids is 1. The maximum atomic E-state index is 11.5. The molecule has 0 aromatic heterocycles. The number of likely N-dealkylation sites (tertiary alicyclic amines) is 1. The molecule has 3 N–H and O–H groups in total. The molecule has 1 saturated heterocycles. The lowest BCUT2D eigenvalue weighted by Crippen LogP contribution is -2.49. The Hall–Kier alpha value is -1.34. The summed E-state index contributed by atoms with van der Waals surface area (Å²) in [5, 5.41) is 13.9. The van der Waals surface area contributed by atoms with Gasteiger partial charge in [0.05, 0.1) is 6.61 Å². The Labute approximate surface area is 106 Å².